The first-order chi connectivity index (χ1) is 10.2. The van der Waals surface area contributed by atoms with Gasteiger partial charge >= 0.3 is 0 Å². The predicted molar refractivity (Wildman–Crippen MR) is 84.2 cm³/mol. The lowest BCUT2D eigenvalue weighted by molar-refractivity contribution is -0.119. The monoisotopic (exact) mass is 288 g/mol. The minimum atomic E-state index is 0.229. The third kappa shape index (κ3) is 2.75. The molecule has 1 heterocycles. The first kappa shape index (κ1) is 14.3. The molecule has 0 bridgehead atoms. The van der Waals surface area contributed by atoms with Crippen LogP contribution < -0.4 is 11.1 Å². The van der Waals surface area contributed by atoms with Crippen molar-refractivity contribution < 1.29 is 4.74 Å². The molecule has 0 saturated heterocycles. The number of pyridine rings is 1. The van der Waals surface area contributed by atoms with Crippen molar-refractivity contribution in [3.05, 3.63) is 24.4 Å². The van der Waals surface area contributed by atoms with Gasteiger partial charge in [0, 0.05) is 18.2 Å². The summed E-state index contributed by atoms with van der Waals surface area (Å²) in [6.07, 6.45) is 8.07. The van der Waals surface area contributed by atoms with Gasteiger partial charge in [-0.1, -0.05) is 18.9 Å². The van der Waals surface area contributed by atoms with E-state index in [1.54, 1.807) is 6.20 Å². The van der Waals surface area contributed by atoms with Crippen LogP contribution in [0.2, 0.25) is 0 Å². The number of anilines is 1. The van der Waals surface area contributed by atoms with E-state index in [1.807, 2.05) is 18.2 Å². The van der Waals surface area contributed by atoms with Crippen LogP contribution in [-0.2, 0) is 4.74 Å². The van der Waals surface area contributed by atoms with E-state index < -0.39 is 0 Å². The topological polar surface area (TPSA) is 72.5 Å². The Morgan fingerprint density at radius 1 is 1.48 bits per heavy atom. The Kier molecular flexibility index (Phi) is 4.10. The molecular weight excluding hydrogens is 264 g/mol. The van der Waals surface area contributed by atoms with Crippen LogP contribution in [0.15, 0.2) is 29.4 Å². The fourth-order valence-electron chi connectivity index (χ4n) is 3.80. The fourth-order valence-corrected chi connectivity index (χ4v) is 3.80. The van der Waals surface area contributed by atoms with E-state index in [0.29, 0.717) is 12.1 Å². The minimum absolute atomic E-state index is 0.229. The predicted octanol–water partition coefficient (Wildman–Crippen LogP) is 2.55. The Labute approximate surface area is 126 Å². The highest BCUT2D eigenvalue weighted by atomic mass is 16.5. The van der Waals surface area contributed by atoms with Crippen LogP contribution >= 0.6 is 0 Å². The molecule has 2 fully saturated rings. The van der Waals surface area contributed by atoms with Crippen molar-refractivity contribution in [1.82, 2.24) is 4.98 Å². The molecule has 5 nitrogen and oxygen atoms in total. The van der Waals surface area contributed by atoms with Crippen molar-refractivity contribution in [2.75, 3.05) is 11.9 Å². The van der Waals surface area contributed by atoms with Crippen LogP contribution in [0.1, 0.15) is 39.0 Å². The number of ether oxygens (including phenoxy) is 1. The summed E-state index contributed by atoms with van der Waals surface area (Å²) in [5, 5.41) is 3.07. The van der Waals surface area contributed by atoms with Crippen molar-refractivity contribution >= 4 is 11.8 Å². The van der Waals surface area contributed by atoms with E-state index in [0.717, 1.165) is 18.8 Å². The van der Waals surface area contributed by atoms with Gasteiger partial charge in [0.25, 0.3) is 0 Å². The first-order valence-electron chi connectivity index (χ1n) is 7.87. The Balaban J connectivity index is 1.68. The number of hydrogen-bond acceptors (Lipinski definition) is 3. The smallest absolute Gasteiger partial charge is 0.194 e. The molecule has 2 aliphatic rings. The average molecular weight is 288 g/mol. The van der Waals surface area contributed by atoms with Crippen LogP contribution in [0.3, 0.4) is 0 Å². The van der Waals surface area contributed by atoms with E-state index in [-0.39, 0.29) is 11.5 Å². The first-order valence-corrected chi connectivity index (χ1v) is 7.87. The molecule has 2 unspecified atom stereocenters. The molecular formula is C16H24N4O. The van der Waals surface area contributed by atoms with Gasteiger partial charge in [0.1, 0.15) is 5.82 Å². The Morgan fingerprint density at radius 3 is 2.95 bits per heavy atom. The van der Waals surface area contributed by atoms with Crippen molar-refractivity contribution in [2.45, 2.75) is 51.2 Å². The number of rotatable bonds is 4. The van der Waals surface area contributed by atoms with E-state index in [9.17, 15) is 0 Å². The number of nitrogens with zero attached hydrogens (tertiary/aromatic N) is 2. The van der Waals surface area contributed by atoms with Crippen LogP contribution in [0.25, 0.3) is 0 Å². The minimum Gasteiger partial charge on any atom is -0.378 e. The van der Waals surface area contributed by atoms with Crippen LogP contribution in [0, 0.1) is 5.41 Å². The summed E-state index contributed by atoms with van der Waals surface area (Å²) >= 11 is 0. The van der Waals surface area contributed by atoms with Gasteiger partial charge in [-0.15, -0.1) is 0 Å². The lowest BCUT2D eigenvalue weighted by Crippen LogP contribution is -2.56. The molecule has 5 heteroatoms. The van der Waals surface area contributed by atoms with Crippen LogP contribution in [0.5, 0.6) is 0 Å². The second-order valence-corrected chi connectivity index (χ2v) is 5.99. The fraction of sp³-hybridized carbons (Fsp3) is 0.625. The second kappa shape index (κ2) is 6.02. The highest BCUT2D eigenvalue weighted by Gasteiger charge is 2.56. The van der Waals surface area contributed by atoms with Gasteiger partial charge in [-0.3, -0.25) is 0 Å². The summed E-state index contributed by atoms with van der Waals surface area (Å²) in [5.74, 6) is 1.19. The van der Waals surface area contributed by atoms with Crippen molar-refractivity contribution in [3.8, 4) is 0 Å². The zero-order chi connectivity index (χ0) is 14.7. The summed E-state index contributed by atoms with van der Waals surface area (Å²) in [5.41, 5.74) is 6.27. The van der Waals surface area contributed by atoms with E-state index >= 15 is 0 Å². The van der Waals surface area contributed by atoms with Crippen molar-refractivity contribution in [1.29, 1.82) is 0 Å². The van der Waals surface area contributed by atoms with Crippen molar-refractivity contribution in [2.24, 2.45) is 16.1 Å². The number of aromatic nitrogens is 1. The SMILES string of the molecule is CCOC1CC(N=C(N)Nc2ccccn2)C12CCCC2. The summed E-state index contributed by atoms with van der Waals surface area (Å²) in [6.45, 7) is 2.85. The summed E-state index contributed by atoms with van der Waals surface area (Å²) < 4.78 is 5.90. The molecule has 1 aromatic heterocycles. The van der Waals surface area contributed by atoms with Gasteiger partial charge in [0.15, 0.2) is 5.96 Å². The summed E-state index contributed by atoms with van der Waals surface area (Å²) in [7, 11) is 0. The summed E-state index contributed by atoms with van der Waals surface area (Å²) in [6, 6.07) is 5.98. The number of aliphatic imine (C=N–C) groups is 1. The molecule has 2 atom stereocenters. The van der Waals surface area contributed by atoms with Crippen LogP contribution in [0.4, 0.5) is 5.82 Å². The lowest BCUT2D eigenvalue weighted by Gasteiger charge is -2.52. The zero-order valence-electron chi connectivity index (χ0n) is 12.6. The molecule has 1 spiro atoms. The molecule has 3 rings (SSSR count). The normalized spacial score (nSPS) is 27.6. The molecule has 2 aliphatic carbocycles. The molecule has 1 aromatic rings. The molecule has 0 aliphatic heterocycles. The molecule has 0 radical (unpaired) electrons. The second-order valence-electron chi connectivity index (χ2n) is 5.99. The van der Waals surface area contributed by atoms with E-state index in [1.165, 1.54) is 25.7 Å². The van der Waals surface area contributed by atoms with Gasteiger partial charge in [0.2, 0.25) is 0 Å². The number of nitrogens with one attached hydrogen (secondary N) is 1. The Hall–Kier alpha value is -1.62. The molecule has 2 saturated carbocycles. The number of nitrogens with two attached hydrogens (primary N) is 1. The van der Waals surface area contributed by atoms with Gasteiger partial charge in [-0.2, -0.15) is 0 Å². The maximum absolute atomic E-state index is 6.04. The van der Waals surface area contributed by atoms with Crippen LogP contribution in [-0.4, -0.2) is 29.7 Å². The van der Waals surface area contributed by atoms with Gasteiger partial charge in [-0.25, -0.2) is 9.98 Å². The van der Waals surface area contributed by atoms with Gasteiger partial charge < -0.3 is 15.8 Å². The quantitative estimate of drug-likeness (QED) is 0.659. The number of hydrogen-bond donors (Lipinski definition) is 2. The largest absolute Gasteiger partial charge is 0.378 e. The standard InChI is InChI=1S/C16H24N4O/c1-2-21-13-11-12(16(13)8-4-5-9-16)19-15(17)20-14-7-3-6-10-18-14/h3,6-7,10,12-13H,2,4-5,8-9,11H2,1H3,(H3,17,18,19,20). The highest BCUT2D eigenvalue weighted by molar-refractivity contribution is 5.91. The molecule has 0 amide bonds. The maximum atomic E-state index is 6.04. The molecule has 21 heavy (non-hydrogen) atoms. The zero-order valence-corrected chi connectivity index (χ0v) is 12.6. The summed E-state index contributed by atoms with van der Waals surface area (Å²) in [4.78, 5) is 8.92. The number of guanidine groups is 1. The third-order valence-corrected chi connectivity index (χ3v) is 4.86. The van der Waals surface area contributed by atoms with E-state index in [2.05, 4.69) is 17.2 Å². The van der Waals surface area contributed by atoms with Gasteiger partial charge in [-0.05, 0) is 38.3 Å². The third-order valence-electron chi connectivity index (χ3n) is 4.86. The van der Waals surface area contributed by atoms with Crippen molar-refractivity contribution in [3.63, 3.8) is 0 Å². The lowest BCUT2D eigenvalue weighted by atomic mass is 9.61. The molecule has 3 N–H and O–H groups in total. The average Bonchev–Trinajstić information content (AvgIpc) is 3.00. The highest BCUT2D eigenvalue weighted by Crippen LogP contribution is 2.56. The Bertz CT molecular complexity index is 496. The molecule has 114 valence electrons. The van der Waals surface area contributed by atoms with E-state index in [4.69, 9.17) is 15.5 Å². The Morgan fingerprint density at radius 2 is 2.29 bits per heavy atom. The van der Waals surface area contributed by atoms with Gasteiger partial charge in [0.05, 0.1) is 12.1 Å². The molecule has 0 aromatic carbocycles. The maximum Gasteiger partial charge on any atom is 0.194 e.